The molecule has 0 bridgehead atoms. The summed E-state index contributed by atoms with van der Waals surface area (Å²) in [4.78, 5) is 15.2. The number of pyridine rings is 1. The third-order valence-corrected chi connectivity index (χ3v) is 2.92. The van der Waals surface area contributed by atoms with Crippen molar-refractivity contribution >= 4 is 23.4 Å². The van der Waals surface area contributed by atoms with Crippen molar-refractivity contribution in [3.63, 3.8) is 0 Å². The second-order valence-corrected chi connectivity index (χ2v) is 4.09. The van der Waals surface area contributed by atoms with Crippen LogP contribution in [0.4, 0.5) is 0 Å². The number of nitrogens with zero attached hydrogens (tertiary/aromatic N) is 1. The summed E-state index contributed by atoms with van der Waals surface area (Å²) >= 11 is 1.52. The lowest BCUT2D eigenvalue weighted by atomic mass is 10.1. The number of aliphatic carboxylic acids is 1. The minimum atomic E-state index is -0.932. The van der Waals surface area contributed by atoms with Crippen LogP contribution in [0.25, 0.3) is 17.2 Å². The molecule has 0 amide bonds. The van der Waals surface area contributed by atoms with Gasteiger partial charge in [-0.15, -0.1) is 11.3 Å². The van der Waals surface area contributed by atoms with Crippen LogP contribution in [0.2, 0.25) is 0 Å². The third kappa shape index (κ3) is 2.55. The second-order valence-electron chi connectivity index (χ2n) is 3.15. The van der Waals surface area contributed by atoms with Crippen LogP contribution >= 0.6 is 11.3 Å². The monoisotopic (exact) mass is 231 g/mol. The SMILES string of the molecule is O=C(O)C=Cc1cc(-c2ccncc2)cs1. The predicted octanol–water partition coefficient (Wildman–Crippen LogP) is 2.91. The molecule has 0 unspecified atom stereocenters. The molecule has 16 heavy (non-hydrogen) atoms. The van der Waals surface area contributed by atoms with E-state index < -0.39 is 5.97 Å². The highest BCUT2D eigenvalue weighted by Gasteiger charge is 2.00. The fourth-order valence-corrected chi connectivity index (χ4v) is 2.10. The molecule has 0 aliphatic carbocycles. The number of carbonyl (C=O) groups is 1. The van der Waals surface area contributed by atoms with Gasteiger partial charge < -0.3 is 5.11 Å². The average Bonchev–Trinajstić information content (AvgIpc) is 2.76. The molecule has 3 nitrogen and oxygen atoms in total. The highest BCUT2D eigenvalue weighted by Crippen LogP contribution is 2.25. The Morgan fingerprint density at radius 1 is 1.31 bits per heavy atom. The van der Waals surface area contributed by atoms with Crippen LogP contribution in [0.1, 0.15) is 4.88 Å². The summed E-state index contributed by atoms with van der Waals surface area (Å²) in [5.41, 5.74) is 2.17. The number of hydrogen-bond donors (Lipinski definition) is 1. The van der Waals surface area contributed by atoms with Gasteiger partial charge in [0.25, 0.3) is 0 Å². The maximum Gasteiger partial charge on any atom is 0.328 e. The molecule has 0 saturated heterocycles. The molecule has 0 fully saturated rings. The minimum Gasteiger partial charge on any atom is -0.478 e. The quantitative estimate of drug-likeness (QED) is 0.826. The van der Waals surface area contributed by atoms with Crippen LogP contribution in [-0.2, 0) is 4.79 Å². The summed E-state index contributed by atoms with van der Waals surface area (Å²) < 4.78 is 0. The lowest BCUT2D eigenvalue weighted by Gasteiger charge is -1.93. The first-order valence-corrected chi connectivity index (χ1v) is 5.53. The number of hydrogen-bond acceptors (Lipinski definition) is 3. The number of rotatable bonds is 3. The average molecular weight is 231 g/mol. The first kappa shape index (κ1) is 10.6. The molecule has 80 valence electrons. The topological polar surface area (TPSA) is 50.2 Å². The zero-order chi connectivity index (χ0) is 11.4. The van der Waals surface area contributed by atoms with Crippen LogP contribution in [-0.4, -0.2) is 16.1 Å². The van der Waals surface area contributed by atoms with E-state index in [4.69, 9.17) is 5.11 Å². The second kappa shape index (κ2) is 4.72. The molecule has 0 aliphatic heterocycles. The predicted molar refractivity (Wildman–Crippen MR) is 64.2 cm³/mol. The molecule has 0 aromatic carbocycles. The summed E-state index contributed by atoms with van der Waals surface area (Å²) in [6, 6.07) is 5.80. The maximum atomic E-state index is 10.4. The molecule has 0 saturated carbocycles. The lowest BCUT2D eigenvalue weighted by Crippen LogP contribution is -1.84. The summed E-state index contributed by atoms with van der Waals surface area (Å²) in [5.74, 6) is -0.932. The molecule has 0 spiro atoms. The standard InChI is InChI=1S/C12H9NO2S/c14-12(15)2-1-11-7-10(8-16-11)9-3-5-13-6-4-9/h1-8H,(H,14,15). The highest BCUT2D eigenvalue weighted by molar-refractivity contribution is 7.11. The number of thiophene rings is 1. The van der Waals surface area contributed by atoms with Gasteiger partial charge in [-0.3, -0.25) is 4.98 Å². The molecular weight excluding hydrogens is 222 g/mol. The summed E-state index contributed by atoms with van der Waals surface area (Å²) in [6.07, 6.45) is 6.21. The highest BCUT2D eigenvalue weighted by atomic mass is 32.1. The molecule has 4 heteroatoms. The van der Waals surface area contributed by atoms with Crippen molar-refractivity contribution in [2.24, 2.45) is 0 Å². The van der Waals surface area contributed by atoms with Crippen molar-refractivity contribution < 1.29 is 9.90 Å². The van der Waals surface area contributed by atoms with Crippen LogP contribution in [0, 0.1) is 0 Å². The zero-order valence-corrected chi connectivity index (χ0v) is 9.15. The number of carboxylic acids is 1. The fourth-order valence-electron chi connectivity index (χ4n) is 1.29. The molecule has 2 rings (SSSR count). The molecule has 1 N–H and O–H groups in total. The Balaban J connectivity index is 2.23. The van der Waals surface area contributed by atoms with Gasteiger partial charge in [0.15, 0.2) is 0 Å². The van der Waals surface area contributed by atoms with Crippen LogP contribution < -0.4 is 0 Å². The normalized spacial score (nSPS) is 10.8. The van der Waals surface area contributed by atoms with E-state index in [1.54, 1.807) is 18.5 Å². The largest absolute Gasteiger partial charge is 0.478 e. The number of carboxylic acid groups (broad SMARTS) is 1. The first-order valence-electron chi connectivity index (χ1n) is 4.65. The minimum absolute atomic E-state index is 0.925. The van der Waals surface area contributed by atoms with Gasteiger partial charge in [0.1, 0.15) is 0 Å². The Bertz CT molecular complexity index is 517. The Morgan fingerprint density at radius 3 is 2.75 bits per heavy atom. The smallest absolute Gasteiger partial charge is 0.328 e. The van der Waals surface area contributed by atoms with Gasteiger partial charge in [-0.1, -0.05) is 0 Å². The van der Waals surface area contributed by atoms with Gasteiger partial charge in [0.2, 0.25) is 0 Å². The summed E-state index contributed by atoms with van der Waals surface area (Å²) in [7, 11) is 0. The van der Waals surface area contributed by atoms with E-state index in [1.165, 1.54) is 11.3 Å². The Labute approximate surface area is 96.7 Å². The fraction of sp³-hybridized carbons (Fsp3) is 0. The first-order chi connectivity index (χ1) is 7.75. The van der Waals surface area contributed by atoms with E-state index in [9.17, 15) is 4.79 Å². The van der Waals surface area contributed by atoms with Crippen LogP contribution in [0.15, 0.2) is 42.0 Å². The number of aromatic nitrogens is 1. The van der Waals surface area contributed by atoms with Crippen molar-refractivity contribution in [1.82, 2.24) is 4.98 Å². The Kier molecular flexibility index (Phi) is 3.12. The van der Waals surface area contributed by atoms with Gasteiger partial charge in [-0.05, 0) is 40.8 Å². The van der Waals surface area contributed by atoms with Crippen molar-refractivity contribution in [3.8, 4) is 11.1 Å². The van der Waals surface area contributed by atoms with Crippen molar-refractivity contribution in [1.29, 1.82) is 0 Å². The van der Waals surface area contributed by atoms with Gasteiger partial charge in [-0.25, -0.2) is 4.79 Å². The summed E-state index contributed by atoms with van der Waals surface area (Å²) in [6.45, 7) is 0. The lowest BCUT2D eigenvalue weighted by molar-refractivity contribution is -0.131. The Morgan fingerprint density at radius 2 is 2.06 bits per heavy atom. The van der Waals surface area contributed by atoms with Gasteiger partial charge >= 0.3 is 5.97 Å². The molecule has 0 aliphatic rings. The van der Waals surface area contributed by atoms with Crippen molar-refractivity contribution in [2.75, 3.05) is 0 Å². The van der Waals surface area contributed by atoms with Crippen LogP contribution in [0.5, 0.6) is 0 Å². The third-order valence-electron chi connectivity index (χ3n) is 2.02. The van der Waals surface area contributed by atoms with Crippen molar-refractivity contribution in [3.05, 3.63) is 46.9 Å². The van der Waals surface area contributed by atoms with Crippen LogP contribution in [0.3, 0.4) is 0 Å². The molecule has 2 aromatic heterocycles. The Hall–Kier alpha value is -1.94. The summed E-state index contributed by atoms with van der Waals surface area (Å²) in [5, 5.41) is 10.5. The van der Waals surface area contributed by atoms with E-state index in [1.807, 2.05) is 23.6 Å². The van der Waals surface area contributed by atoms with E-state index >= 15 is 0 Å². The van der Waals surface area contributed by atoms with Gasteiger partial charge in [0, 0.05) is 23.3 Å². The van der Waals surface area contributed by atoms with Gasteiger partial charge in [0.05, 0.1) is 0 Å². The zero-order valence-electron chi connectivity index (χ0n) is 8.33. The molecular formula is C12H9NO2S. The van der Waals surface area contributed by atoms with Gasteiger partial charge in [-0.2, -0.15) is 0 Å². The van der Waals surface area contributed by atoms with E-state index in [0.717, 1.165) is 22.1 Å². The molecule has 0 radical (unpaired) electrons. The maximum absolute atomic E-state index is 10.4. The molecule has 2 heterocycles. The molecule has 0 atom stereocenters. The van der Waals surface area contributed by atoms with E-state index in [0.29, 0.717) is 0 Å². The van der Waals surface area contributed by atoms with E-state index in [2.05, 4.69) is 4.98 Å². The van der Waals surface area contributed by atoms with Crippen molar-refractivity contribution in [2.45, 2.75) is 0 Å². The molecule has 2 aromatic rings. The van der Waals surface area contributed by atoms with E-state index in [-0.39, 0.29) is 0 Å².